The number of thiazole rings is 1. The molecule has 194 valence electrons. The van der Waals surface area contributed by atoms with E-state index in [-0.39, 0.29) is 47.5 Å². The third-order valence-electron chi connectivity index (χ3n) is 7.77. The van der Waals surface area contributed by atoms with E-state index in [1.54, 1.807) is 31.4 Å². The molecule has 0 spiro atoms. The minimum absolute atomic E-state index is 0.0141. The maximum atomic E-state index is 14.6. The van der Waals surface area contributed by atoms with E-state index in [0.717, 1.165) is 35.5 Å². The molecule has 3 unspecified atom stereocenters. The van der Waals surface area contributed by atoms with Crippen LogP contribution in [0.2, 0.25) is 0 Å². The van der Waals surface area contributed by atoms with Gasteiger partial charge in [-0.2, -0.15) is 0 Å². The Balaban J connectivity index is 1.55. The number of aromatic nitrogens is 1. The van der Waals surface area contributed by atoms with Crippen LogP contribution in [0.4, 0.5) is 4.39 Å². The lowest BCUT2D eigenvalue weighted by molar-refractivity contribution is -0.139. The van der Waals surface area contributed by atoms with E-state index in [4.69, 9.17) is 4.98 Å². The van der Waals surface area contributed by atoms with Crippen LogP contribution < -0.4 is 10.6 Å². The molecule has 2 heterocycles. The number of halogens is 1. The molecular formula is C28H37FN4O2S. The second kappa shape index (κ2) is 11.6. The highest BCUT2D eigenvalue weighted by atomic mass is 32.1. The summed E-state index contributed by atoms with van der Waals surface area (Å²) in [7, 11) is 1.73. The SMILES string of the molecule is CC[C@H](C)C(NC(=O)[C@H](C)NC)C(=O)N1CCC[C@H]1c1nc(C2=CC=C(F)C3CC=CC=CC23)cs1. The Kier molecular flexibility index (Phi) is 8.57. The highest BCUT2D eigenvalue weighted by Crippen LogP contribution is 2.43. The topological polar surface area (TPSA) is 74.3 Å². The highest BCUT2D eigenvalue weighted by Gasteiger charge is 2.39. The Morgan fingerprint density at radius 1 is 1.28 bits per heavy atom. The monoisotopic (exact) mass is 512 g/mol. The molecule has 2 N–H and O–H groups in total. The Labute approximate surface area is 217 Å². The van der Waals surface area contributed by atoms with Crippen molar-refractivity contribution in [1.82, 2.24) is 20.5 Å². The maximum absolute atomic E-state index is 14.6. The van der Waals surface area contributed by atoms with Crippen molar-refractivity contribution < 1.29 is 14.0 Å². The van der Waals surface area contributed by atoms with Gasteiger partial charge in [0.1, 0.15) is 16.9 Å². The molecule has 1 aromatic heterocycles. The second-order valence-corrected chi connectivity index (χ2v) is 10.9. The molecule has 36 heavy (non-hydrogen) atoms. The average molecular weight is 513 g/mol. The number of fused-ring (bicyclic) bond motifs is 1. The zero-order valence-corrected chi connectivity index (χ0v) is 22.4. The minimum atomic E-state index is -0.572. The molecule has 0 aromatic carbocycles. The standard InChI is InChI=1S/C28H37FN4O2S/c1-5-17(2)25(32-26(34)18(3)30-4)28(35)33-15-9-12-24(33)27-31-23(16-36-27)21-13-14-22(29)20-11-8-6-7-10-19(20)21/h6-8,10,13-14,16-20,24-25,30H,5,9,11-12,15H2,1-4H3,(H,32,34)/t17-,18-,19?,20?,24-,25?/m0/s1. The lowest BCUT2D eigenvalue weighted by Crippen LogP contribution is -2.54. The number of amides is 2. The van der Waals surface area contributed by atoms with E-state index >= 15 is 0 Å². The molecule has 1 fully saturated rings. The third-order valence-corrected chi connectivity index (χ3v) is 8.71. The Morgan fingerprint density at radius 3 is 2.83 bits per heavy atom. The van der Waals surface area contributed by atoms with Gasteiger partial charge in [0.2, 0.25) is 11.8 Å². The van der Waals surface area contributed by atoms with E-state index < -0.39 is 6.04 Å². The van der Waals surface area contributed by atoms with E-state index in [2.05, 4.69) is 16.7 Å². The summed E-state index contributed by atoms with van der Waals surface area (Å²) in [6.45, 7) is 6.48. The van der Waals surface area contributed by atoms with Crippen molar-refractivity contribution in [3.8, 4) is 0 Å². The number of likely N-dealkylation sites (N-methyl/N-ethyl adjacent to an activating group) is 1. The first-order valence-electron chi connectivity index (χ1n) is 13.0. The molecule has 1 aromatic rings. The summed E-state index contributed by atoms with van der Waals surface area (Å²) < 4.78 is 14.6. The second-order valence-electron chi connectivity index (χ2n) is 10.00. The first kappa shape index (κ1) is 26.5. The van der Waals surface area contributed by atoms with Crippen molar-refractivity contribution in [2.24, 2.45) is 17.8 Å². The first-order valence-corrected chi connectivity index (χ1v) is 13.9. The normalized spacial score (nSPS) is 25.9. The van der Waals surface area contributed by atoms with Crippen LogP contribution >= 0.6 is 11.3 Å². The van der Waals surface area contributed by atoms with Gasteiger partial charge in [-0.1, -0.05) is 50.6 Å². The number of nitrogens with zero attached hydrogens (tertiary/aromatic N) is 2. The van der Waals surface area contributed by atoms with Crippen LogP contribution in [-0.4, -0.2) is 47.4 Å². The third kappa shape index (κ3) is 5.39. The molecule has 0 saturated carbocycles. The molecular weight excluding hydrogens is 475 g/mol. The summed E-state index contributed by atoms with van der Waals surface area (Å²) in [4.78, 5) is 33.2. The van der Waals surface area contributed by atoms with Gasteiger partial charge >= 0.3 is 0 Å². The molecule has 2 amide bonds. The largest absolute Gasteiger partial charge is 0.343 e. The summed E-state index contributed by atoms with van der Waals surface area (Å²) in [5, 5.41) is 8.87. The molecule has 4 rings (SSSR count). The predicted octanol–water partition coefficient (Wildman–Crippen LogP) is 4.94. The van der Waals surface area contributed by atoms with Crippen LogP contribution in [0.1, 0.15) is 63.2 Å². The number of nitrogens with one attached hydrogen (secondary N) is 2. The molecule has 1 aliphatic heterocycles. The molecule has 8 heteroatoms. The van der Waals surface area contributed by atoms with Crippen molar-refractivity contribution in [3.05, 3.63) is 58.4 Å². The summed E-state index contributed by atoms with van der Waals surface area (Å²) in [6.07, 6.45) is 14.6. The molecule has 6 nitrogen and oxygen atoms in total. The number of carbonyl (C=O) groups is 2. The number of carbonyl (C=O) groups excluding carboxylic acids is 2. The maximum Gasteiger partial charge on any atom is 0.246 e. The van der Waals surface area contributed by atoms with E-state index in [0.29, 0.717) is 13.0 Å². The Morgan fingerprint density at radius 2 is 2.08 bits per heavy atom. The van der Waals surface area contributed by atoms with Crippen molar-refractivity contribution in [1.29, 1.82) is 0 Å². The molecule has 2 aliphatic carbocycles. The molecule has 6 atom stereocenters. The van der Waals surface area contributed by atoms with E-state index in [1.165, 1.54) is 0 Å². The van der Waals surface area contributed by atoms with Gasteiger partial charge in [0.15, 0.2) is 0 Å². The number of rotatable bonds is 8. The highest BCUT2D eigenvalue weighted by molar-refractivity contribution is 7.09. The van der Waals surface area contributed by atoms with Gasteiger partial charge < -0.3 is 15.5 Å². The Bertz CT molecular complexity index is 1090. The van der Waals surface area contributed by atoms with Crippen molar-refractivity contribution in [2.75, 3.05) is 13.6 Å². The van der Waals surface area contributed by atoms with Crippen LogP contribution in [0.5, 0.6) is 0 Å². The fourth-order valence-corrected chi connectivity index (χ4v) is 6.14. The van der Waals surface area contributed by atoms with Gasteiger partial charge in [-0.05, 0) is 50.8 Å². The number of hydrogen-bond acceptors (Lipinski definition) is 5. The van der Waals surface area contributed by atoms with Gasteiger partial charge in [0, 0.05) is 23.8 Å². The Hall–Kier alpha value is -2.58. The number of likely N-dealkylation sites (tertiary alicyclic amines) is 1. The average Bonchev–Trinajstić information content (AvgIpc) is 3.50. The van der Waals surface area contributed by atoms with Gasteiger partial charge in [-0.3, -0.25) is 9.59 Å². The lowest BCUT2D eigenvalue weighted by Gasteiger charge is -2.31. The minimum Gasteiger partial charge on any atom is -0.343 e. The zero-order chi connectivity index (χ0) is 25.8. The van der Waals surface area contributed by atoms with E-state index in [1.807, 2.05) is 48.4 Å². The van der Waals surface area contributed by atoms with E-state index in [9.17, 15) is 14.0 Å². The summed E-state index contributed by atoms with van der Waals surface area (Å²) in [5.41, 5.74) is 1.87. The van der Waals surface area contributed by atoms with Gasteiger partial charge in [-0.15, -0.1) is 11.3 Å². The summed E-state index contributed by atoms with van der Waals surface area (Å²) in [6, 6.07) is -1.06. The van der Waals surface area contributed by atoms with Crippen LogP contribution in [0, 0.1) is 17.8 Å². The van der Waals surface area contributed by atoms with Crippen LogP contribution in [0.3, 0.4) is 0 Å². The quantitative estimate of drug-likeness (QED) is 0.517. The predicted molar refractivity (Wildman–Crippen MR) is 143 cm³/mol. The number of hydrogen-bond donors (Lipinski definition) is 2. The first-order chi connectivity index (χ1) is 17.3. The van der Waals surface area contributed by atoms with Crippen molar-refractivity contribution in [2.45, 2.75) is 64.6 Å². The van der Waals surface area contributed by atoms with Crippen molar-refractivity contribution >= 4 is 28.7 Å². The molecule has 0 radical (unpaired) electrons. The van der Waals surface area contributed by atoms with Gasteiger partial charge in [-0.25, -0.2) is 9.37 Å². The summed E-state index contributed by atoms with van der Waals surface area (Å²) in [5.74, 6) is -0.544. The molecule has 0 bridgehead atoms. The lowest BCUT2D eigenvalue weighted by atomic mass is 9.79. The fraction of sp³-hybridized carbons (Fsp3) is 0.536. The van der Waals surface area contributed by atoms with Gasteiger partial charge in [0.25, 0.3) is 0 Å². The van der Waals surface area contributed by atoms with Crippen LogP contribution in [0.25, 0.3) is 5.57 Å². The number of allylic oxidation sites excluding steroid dienone is 8. The fourth-order valence-electron chi connectivity index (χ4n) is 5.16. The van der Waals surface area contributed by atoms with Gasteiger partial charge in [0.05, 0.1) is 17.8 Å². The molecule has 1 saturated heterocycles. The van der Waals surface area contributed by atoms with Crippen LogP contribution in [-0.2, 0) is 9.59 Å². The molecule has 3 aliphatic rings. The summed E-state index contributed by atoms with van der Waals surface area (Å²) >= 11 is 1.56. The smallest absolute Gasteiger partial charge is 0.246 e. The van der Waals surface area contributed by atoms with Crippen molar-refractivity contribution in [3.63, 3.8) is 0 Å². The van der Waals surface area contributed by atoms with Crippen LogP contribution in [0.15, 0.2) is 47.7 Å². The zero-order valence-electron chi connectivity index (χ0n) is 21.5.